The van der Waals surface area contributed by atoms with Gasteiger partial charge in [-0.15, -0.1) is 0 Å². The van der Waals surface area contributed by atoms with Crippen molar-refractivity contribution in [1.82, 2.24) is 4.98 Å². The average Bonchev–Trinajstić information content (AvgIpc) is 2.61. The Hall–Kier alpha value is -2.59. The molecule has 2 aromatic carbocycles. The first-order valence-corrected chi connectivity index (χ1v) is 8.28. The van der Waals surface area contributed by atoms with Crippen molar-refractivity contribution >= 4 is 16.6 Å². The van der Waals surface area contributed by atoms with E-state index in [1.165, 1.54) is 6.07 Å². The van der Waals surface area contributed by atoms with Gasteiger partial charge in [0.05, 0.1) is 16.8 Å². The molecule has 1 aliphatic rings. The second-order valence-corrected chi connectivity index (χ2v) is 6.85. The van der Waals surface area contributed by atoms with Gasteiger partial charge in [-0.3, -0.25) is 9.98 Å². The molecule has 0 fully saturated rings. The average molecular weight is 334 g/mol. The lowest BCUT2D eigenvalue weighted by Gasteiger charge is -2.36. The summed E-state index contributed by atoms with van der Waals surface area (Å²) < 4.78 is 20.2. The molecule has 0 radical (unpaired) electrons. The summed E-state index contributed by atoms with van der Waals surface area (Å²) in [5.41, 5.74) is 3.32. The number of aliphatic imine (C=N–C) groups is 1. The van der Waals surface area contributed by atoms with Crippen LogP contribution < -0.4 is 0 Å². The molecule has 126 valence electrons. The fraction of sp³-hybridized carbons (Fsp3) is 0.238. The highest BCUT2D eigenvalue weighted by Crippen LogP contribution is 2.41. The number of para-hydroxylation sites is 1. The van der Waals surface area contributed by atoms with Crippen molar-refractivity contribution in [1.29, 1.82) is 0 Å². The largest absolute Gasteiger partial charge is 0.374 e. The van der Waals surface area contributed by atoms with E-state index in [0.717, 1.165) is 27.7 Å². The van der Waals surface area contributed by atoms with Crippen LogP contribution in [0.1, 0.15) is 36.6 Å². The minimum absolute atomic E-state index is 0.265. The number of ether oxygens (including phenoxy) is 1. The maximum absolute atomic E-state index is 14.6. The van der Waals surface area contributed by atoms with Crippen LogP contribution in [0.15, 0.2) is 59.7 Å². The van der Waals surface area contributed by atoms with Crippen molar-refractivity contribution in [3.05, 3.63) is 77.2 Å². The van der Waals surface area contributed by atoms with Crippen molar-refractivity contribution < 1.29 is 9.13 Å². The normalized spacial score (nSPS) is 18.7. The summed E-state index contributed by atoms with van der Waals surface area (Å²) in [5.74, 6) is -0.265. The predicted molar refractivity (Wildman–Crippen MR) is 97.6 cm³/mol. The van der Waals surface area contributed by atoms with Gasteiger partial charge in [-0.25, -0.2) is 4.39 Å². The van der Waals surface area contributed by atoms with Gasteiger partial charge in [0.25, 0.3) is 0 Å². The molecule has 1 unspecified atom stereocenters. The van der Waals surface area contributed by atoms with Gasteiger partial charge in [0.1, 0.15) is 11.9 Å². The zero-order valence-corrected chi connectivity index (χ0v) is 14.5. The number of aromatic nitrogens is 1. The first kappa shape index (κ1) is 15.9. The van der Waals surface area contributed by atoms with Crippen LogP contribution in [0.2, 0.25) is 0 Å². The molecule has 0 amide bonds. The van der Waals surface area contributed by atoms with E-state index < -0.39 is 11.6 Å². The van der Waals surface area contributed by atoms with E-state index >= 15 is 0 Å². The Morgan fingerprint density at radius 2 is 1.88 bits per heavy atom. The Morgan fingerprint density at radius 3 is 2.68 bits per heavy atom. The maximum Gasteiger partial charge on any atom is 0.129 e. The summed E-state index contributed by atoms with van der Waals surface area (Å²) >= 11 is 0. The molecule has 0 saturated carbocycles. The van der Waals surface area contributed by atoms with Gasteiger partial charge in [0.2, 0.25) is 0 Å². The zero-order valence-electron chi connectivity index (χ0n) is 14.5. The third-order valence-electron chi connectivity index (χ3n) is 4.71. The highest BCUT2D eigenvalue weighted by Gasteiger charge is 2.39. The highest BCUT2D eigenvalue weighted by atomic mass is 19.1. The van der Waals surface area contributed by atoms with E-state index in [1.54, 1.807) is 19.4 Å². The summed E-state index contributed by atoms with van der Waals surface area (Å²) in [6.07, 6.45) is 1.37. The number of halogens is 1. The monoisotopic (exact) mass is 334 g/mol. The molecule has 1 aromatic heterocycles. The summed E-state index contributed by atoms with van der Waals surface area (Å²) in [6, 6.07) is 15.1. The second-order valence-electron chi connectivity index (χ2n) is 6.85. The lowest BCUT2D eigenvalue weighted by molar-refractivity contribution is 0.0449. The number of rotatable bonds is 2. The van der Waals surface area contributed by atoms with E-state index in [1.807, 2.05) is 44.2 Å². The Bertz CT molecular complexity index is 994. The van der Waals surface area contributed by atoms with Gasteiger partial charge in [0.15, 0.2) is 0 Å². The molecule has 4 heteroatoms. The minimum atomic E-state index is -0.578. The van der Waals surface area contributed by atoms with Crippen LogP contribution >= 0.6 is 0 Å². The SMILES string of the molecule is COC1c2c(F)cccc2C(c2cnc3ccccc3c2)=NC1(C)C. The minimum Gasteiger partial charge on any atom is -0.374 e. The molecule has 3 nitrogen and oxygen atoms in total. The number of pyridine rings is 1. The molecule has 25 heavy (non-hydrogen) atoms. The molecule has 3 aromatic rings. The van der Waals surface area contributed by atoms with Gasteiger partial charge in [-0.1, -0.05) is 30.3 Å². The van der Waals surface area contributed by atoms with Crippen LogP contribution in [-0.2, 0) is 4.74 Å². The molecule has 0 N–H and O–H groups in total. The standard InChI is InChI=1S/C21H19FN2O/c1-21(2)20(25-3)18-15(8-6-9-16(18)22)19(24-21)14-11-13-7-4-5-10-17(13)23-12-14/h4-12,20H,1-3H3. The number of hydrogen-bond acceptors (Lipinski definition) is 3. The Labute approximate surface area is 146 Å². The van der Waals surface area contributed by atoms with Crippen molar-refractivity contribution in [3.8, 4) is 0 Å². The molecular weight excluding hydrogens is 315 g/mol. The lowest BCUT2D eigenvalue weighted by Crippen LogP contribution is -2.36. The third kappa shape index (κ3) is 2.53. The topological polar surface area (TPSA) is 34.5 Å². The molecule has 1 aliphatic heterocycles. The summed E-state index contributed by atoms with van der Waals surface area (Å²) in [5, 5.41) is 1.03. The Kier molecular flexibility index (Phi) is 3.65. The molecule has 1 atom stereocenters. The van der Waals surface area contributed by atoms with E-state index in [0.29, 0.717) is 5.56 Å². The maximum atomic E-state index is 14.6. The van der Waals surface area contributed by atoms with E-state index in [-0.39, 0.29) is 5.82 Å². The fourth-order valence-electron chi connectivity index (χ4n) is 3.60. The highest BCUT2D eigenvalue weighted by molar-refractivity contribution is 6.15. The van der Waals surface area contributed by atoms with Crippen LogP contribution in [0.4, 0.5) is 4.39 Å². The number of methoxy groups -OCH3 is 1. The van der Waals surface area contributed by atoms with Gasteiger partial charge in [-0.05, 0) is 32.0 Å². The molecule has 0 aliphatic carbocycles. The smallest absolute Gasteiger partial charge is 0.129 e. The van der Waals surface area contributed by atoms with Crippen LogP contribution in [0.3, 0.4) is 0 Å². The number of nitrogens with zero attached hydrogens (tertiary/aromatic N) is 2. The van der Waals surface area contributed by atoms with E-state index in [9.17, 15) is 4.39 Å². The molecule has 0 bridgehead atoms. The van der Waals surface area contributed by atoms with Crippen molar-refractivity contribution in [2.24, 2.45) is 4.99 Å². The summed E-state index contributed by atoms with van der Waals surface area (Å²) in [7, 11) is 1.60. The fourth-order valence-corrected chi connectivity index (χ4v) is 3.60. The first-order valence-electron chi connectivity index (χ1n) is 8.28. The van der Waals surface area contributed by atoms with Crippen LogP contribution in [0.5, 0.6) is 0 Å². The van der Waals surface area contributed by atoms with Crippen molar-refractivity contribution in [2.75, 3.05) is 7.11 Å². The van der Waals surface area contributed by atoms with Crippen molar-refractivity contribution in [3.63, 3.8) is 0 Å². The van der Waals surface area contributed by atoms with Gasteiger partial charge >= 0.3 is 0 Å². The van der Waals surface area contributed by atoms with Gasteiger partial charge in [0, 0.05) is 35.4 Å². The van der Waals surface area contributed by atoms with E-state index in [2.05, 4.69) is 11.1 Å². The second kappa shape index (κ2) is 5.74. The molecular formula is C21H19FN2O. The summed E-state index contributed by atoms with van der Waals surface area (Å²) in [4.78, 5) is 9.44. The van der Waals surface area contributed by atoms with E-state index in [4.69, 9.17) is 9.73 Å². The van der Waals surface area contributed by atoms with Crippen molar-refractivity contribution in [2.45, 2.75) is 25.5 Å². The van der Waals surface area contributed by atoms with Gasteiger partial charge in [-0.2, -0.15) is 0 Å². The van der Waals surface area contributed by atoms with Gasteiger partial charge < -0.3 is 4.74 Å². The summed E-state index contributed by atoms with van der Waals surface area (Å²) in [6.45, 7) is 3.93. The zero-order chi connectivity index (χ0) is 17.6. The Morgan fingerprint density at radius 1 is 1.08 bits per heavy atom. The third-order valence-corrected chi connectivity index (χ3v) is 4.71. The molecule has 4 rings (SSSR count). The van der Waals surface area contributed by atoms with Crippen LogP contribution in [0, 0.1) is 5.82 Å². The quantitative estimate of drug-likeness (QED) is 0.681. The lowest BCUT2D eigenvalue weighted by atomic mass is 9.82. The van der Waals surface area contributed by atoms with Crippen LogP contribution in [0.25, 0.3) is 10.9 Å². The first-order chi connectivity index (χ1) is 12.0. The number of benzene rings is 2. The molecule has 0 saturated heterocycles. The number of fused-ring (bicyclic) bond motifs is 2. The predicted octanol–water partition coefficient (Wildman–Crippen LogP) is 4.69. The molecule has 0 spiro atoms. The molecule has 2 heterocycles. The Balaban J connectivity index is 1.97. The number of hydrogen-bond donors (Lipinski definition) is 0. The van der Waals surface area contributed by atoms with Crippen LogP contribution in [-0.4, -0.2) is 23.3 Å².